The minimum atomic E-state index is -0.694. The van der Waals surface area contributed by atoms with Gasteiger partial charge in [-0.3, -0.25) is 14.5 Å². The topological polar surface area (TPSA) is 101 Å². The Morgan fingerprint density at radius 2 is 2.00 bits per heavy atom. The van der Waals surface area contributed by atoms with Crippen LogP contribution in [0.1, 0.15) is 18.4 Å². The summed E-state index contributed by atoms with van der Waals surface area (Å²) >= 11 is 0. The van der Waals surface area contributed by atoms with E-state index in [0.29, 0.717) is 11.6 Å². The molecule has 140 valence electrons. The summed E-state index contributed by atoms with van der Waals surface area (Å²) in [6.45, 7) is 0.214. The molecule has 0 bridgehead atoms. The number of benzene rings is 1. The van der Waals surface area contributed by atoms with Crippen LogP contribution >= 0.6 is 0 Å². The van der Waals surface area contributed by atoms with E-state index in [9.17, 15) is 14.4 Å². The van der Waals surface area contributed by atoms with E-state index in [1.807, 2.05) is 30.3 Å². The van der Waals surface area contributed by atoms with Gasteiger partial charge >= 0.3 is 6.03 Å². The van der Waals surface area contributed by atoms with Crippen LogP contribution in [-0.4, -0.2) is 40.9 Å². The zero-order chi connectivity index (χ0) is 19.2. The Kier molecular flexibility index (Phi) is 5.65. The summed E-state index contributed by atoms with van der Waals surface area (Å²) in [6.07, 6.45) is 1.81. The van der Waals surface area contributed by atoms with Gasteiger partial charge in [0.15, 0.2) is 0 Å². The average Bonchev–Trinajstić information content (AvgIpc) is 2.95. The van der Waals surface area contributed by atoms with Crippen LogP contribution in [0.25, 0.3) is 0 Å². The number of hydrogen-bond acceptors (Lipinski definition) is 5. The van der Waals surface area contributed by atoms with Gasteiger partial charge in [0, 0.05) is 12.5 Å². The molecule has 3 rings (SSSR count). The molecule has 2 heterocycles. The van der Waals surface area contributed by atoms with Crippen LogP contribution in [0.3, 0.4) is 0 Å². The van der Waals surface area contributed by atoms with E-state index in [4.69, 9.17) is 4.74 Å². The van der Waals surface area contributed by atoms with Gasteiger partial charge in [0.05, 0.1) is 25.5 Å². The molecular formula is C19H20N4O4. The lowest BCUT2D eigenvalue weighted by Gasteiger charge is -2.13. The van der Waals surface area contributed by atoms with E-state index in [-0.39, 0.29) is 31.2 Å². The van der Waals surface area contributed by atoms with Crippen LogP contribution in [0.15, 0.2) is 48.7 Å². The molecule has 1 aromatic carbocycles. The summed E-state index contributed by atoms with van der Waals surface area (Å²) in [4.78, 5) is 41.8. The zero-order valence-electron chi connectivity index (χ0n) is 14.8. The Labute approximate surface area is 156 Å². The van der Waals surface area contributed by atoms with Crippen LogP contribution in [0, 0.1) is 0 Å². The van der Waals surface area contributed by atoms with Gasteiger partial charge < -0.3 is 15.4 Å². The van der Waals surface area contributed by atoms with E-state index in [1.165, 1.54) is 18.2 Å². The third kappa shape index (κ3) is 4.60. The quantitative estimate of drug-likeness (QED) is 0.728. The summed E-state index contributed by atoms with van der Waals surface area (Å²) in [7, 11) is 1.51. The summed E-state index contributed by atoms with van der Waals surface area (Å²) in [5.41, 5.74) is 1.40. The van der Waals surface area contributed by atoms with Gasteiger partial charge in [0.2, 0.25) is 11.8 Å². The molecule has 0 radical (unpaired) electrons. The first-order valence-corrected chi connectivity index (χ1v) is 8.52. The lowest BCUT2D eigenvalue weighted by Crippen LogP contribution is -2.31. The third-order valence-electron chi connectivity index (χ3n) is 4.18. The summed E-state index contributed by atoms with van der Waals surface area (Å²) in [6, 6.07) is 11.5. The van der Waals surface area contributed by atoms with Crippen molar-refractivity contribution in [2.75, 3.05) is 12.4 Å². The maximum Gasteiger partial charge on any atom is 0.325 e. The number of rotatable bonds is 7. The van der Waals surface area contributed by atoms with Crippen LogP contribution < -0.4 is 15.4 Å². The Balaban J connectivity index is 1.51. The van der Waals surface area contributed by atoms with Gasteiger partial charge in [0.1, 0.15) is 6.04 Å². The molecule has 0 aliphatic carbocycles. The van der Waals surface area contributed by atoms with E-state index in [2.05, 4.69) is 15.6 Å². The highest BCUT2D eigenvalue weighted by atomic mass is 16.5. The predicted octanol–water partition coefficient (Wildman–Crippen LogP) is 1.93. The van der Waals surface area contributed by atoms with E-state index in [0.717, 1.165) is 5.56 Å². The molecule has 2 N–H and O–H groups in total. The lowest BCUT2D eigenvalue weighted by molar-refractivity contribution is -0.128. The fourth-order valence-electron chi connectivity index (χ4n) is 2.76. The minimum Gasteiger partial charge on any atom is -0.481 e. The molecular weight excluding hydrogens is 348 g/mol. The monoisotopic (exact) mass is 368 g/mol. The largest absolute Gasteiger partial charge is 0.481 e. The lowest BCUT2D eigenvalue weighted by atomic mass is 10.1. The van der Waals surface area contributed by atoms with Gasteiger partial charge in [0.25, 0.3) is 5.91 Å². The smallest absolute Gasteiger partial charge is 0.325 e. The second kappa shape index (κ2) is 8.31. The van der Waals surface area contributed by atoms with Crippen LogP contribution in [-0.2, 0) is 16.1 Å². The number of ether oxygens (including phenoxy) is 1. The highest BCUT2D eigenvalue weighted by Gasteiger charge is 2.37. The first-order valence-electron chi connectivity index (χ1n) is 8.52. The second-order valence-electron chi connectivity index (χ2n) is 6.09. The molecule has 1 saturated heterocycles. The number of anilines is 1. The van der Waals surface area contributed by atoms with Crippen molar-refractivity contribution in [3.05, 3.63) is 54.2 Å². The number of nitrogens with one attached hydrogen (secondary N) is 2. The maximum absolute atomic E-state index is 12.4. The van der Waals surface area contributed by atoms with Gasteiger partial charge in [-0.15, -0.1) is 0 Å². The highest BCUT2D eigenvalue weighted by molar-refractivity contribution is 6.04. The van der Waals surface area contributed by atoms with Gasteiger partial charge in [-0.05, 0) is 18.1 Å². The van der Waals surface area contributed by atoms with Crippen molar-refractivity contribution in [2.45, 2.75) is 25.4 Å². The number of amides is 4. The Bertz CT molecular complexity index is 823. The van der Waals surface area contributed by atoms with Crippen molar-refractivity contribution < 1.29 is 19.1 Å². The first-order chi connectivity index (χ1) is 13.1. The number of methoxy groups -OCH3 is 1. The molecule has 1 atom stereocenters. The Morgan fingerprint density at radius 3 is 2.67 bits per heavy atom. The maximum atomic E-state index is 12.4. The fourth-order valence-corrected chi connectivity index (χ4v) is 2.76. The molecule has 0 spiro atoms. The number of nitrogens with zero attached hydrogens (tertiary/aromatic N) is 2. The molecule has 4 amide bonds. The van der Waals surface area contributed by atoms with Crippen LogP contribution in [0.4, 0.5) is 10.5 Å². The predicted molar refractivity (Wildman–Crippen MR) is 98.0 cm³/mol. The number of urea groups is 1. The van der Waals surface area contributed by atoms with Crippen molar-refractivity contribution in [2.24, 2.45) is 0 Å². The van der Waals surface area contributed by atoms with Crippen molar-refractivity contribution >= 4 is 23.5 Å². The van der Waals surface area contributed by atoms with Crippen molar-refractivity contribution in [1.82, 2.24) is 15.2 Å². The first kappa shape index (κ1) is 18.4. The molecule has 0 saturated carbocycles. The zero-order valence-corrected chi connectivity index (χ0v) is 14.8. The van der Waals surface area contributed by atoms with Gasteiger partial charge in [-0.25, -0.2) is 9.78 Å². The van der Waals surface area contributed by atoms with Crippen LogP contribution in [0.2, 0.25) is 0 Å². The standard InChI is InChI=1S/C19H20N4O4/c1-27-17-10-7-14(11-20-17)21-16(24)9-8-15-18(25)23(19(26)22-15)12-13-5-3-2-4-6-13/h2-7,10-11,15H,8-9,12H2,1H3,(H,21,24)(H,22,26). The molecule has 1 aliphatic rings. The van der Waals surface area contributed by atoms with Gasteiger partial charge in [-0.1, -0.05) is 30.3 Å². The Hall–Kier alpha value is -3.42. The average molecular weight is 368 g/mol. The van der Waals surface area contributed by atoms with Crippen molar-refractivity contribution in [3.8, 4) is 5.88 Å². The molecule has 1 fully saturated rings. The molecule has 2 aromatic rings. The number of hydrogen-bond donors (Lipinski definition) is 2. The number of pyridine rings is 1. The summed E-state index contributed by atoms with van der Waals surface area (Å²) in [5, 5.41) is 5.34. The molecule has 1 unspecified atom stereocenters. The highest BCUT2D eigenvalue weighted by Crippen LogP contribution is 2.16. The third-order valence-corrected chi connectivity index (χ3v) is 4.18. The Morgan fingerprint density at radius 1 is 1.22 bits per heavy atom. The second-order valence-corrected chi connectivity index (χ2v) is 6.09. The number of aromatic nitrogens is 1. The number of imide groups is 1. The molecule has 8 nitrogen and oxygen atoms in total. The van der Waals surface area contributed by atoms with E-state index >= 15 is 0 Å². The minimum absolute atomic E-state index is 0.0991. The van der Waals surface area contributed by atoms with Gasteiger partial charge in [-0.2, -0.15) is 0 Å². The van der Waals surface area contributed by atoms with E-state index in [1.54, 1.807) is 12.1 Å². The van der Waals surface area contributed by atoms with Crippen molar-refractivity contribution in [3.63, 3.8) is 0 Å². The normalized spacial score (nSPS) is 16.2. The summed E-state index contributed by atoms with van der Waals surface area (Å²) < 4.78 is 4.96. The SMILES string of the molecule is COc1ccc(NC(=O)CCC2NC(=O)N(Cc3ccccc3)C2=O)cn1. The number of carbonyl (C=O) groups excluding carboxylic acids is 3. The summed E-state index contributed by atoms with van der Waals surface area (Å²) in [5.74, 6) is -0.126. The number of carbonyl (C=O) groups is 3. The molecule has 8 heteroatoms. The molecule has 1 aromatic heterocycles. The molecule has 1 aliphatic heterocycles. The van der Waals surface area contributed by atoms with Crippen LogP contribution in [0.5, 0.6) is 5.88 Å². The molecule has 27 heavy (non-hydrogen) atoms. The van der Waals surface area contributed by atoms with E-state index < -0.39 is 12.1 Å². The van der Waals surface area contributed by atoms with Crippen molar-refractivity contribution in [1.29, 1.82) is 0 Å². The fraction of sp³-hybridized carbons (Fsp3) is 0.263.